The number of nitrogens with one attached hydrogen (secondary N) is 1. The SMILES string of the molecule is O=C(COc1ccccc1Cl)Nc1cc(Br)ccc1N1CCOCC1. The molecule has 0 radical (unpaired) electrons. The van der Waals surface area contributed by atoms with Gasteiger partial charge in [-0.3, -0.25) is 4.79 Å². The second kappa shape index (κ2) is 8.56. The fraction of sp³-hybridized carbons (Fsp3) is 0.278. The maximum Gasteiger partial charge on any atom is 0.262 e. The first kappa shape index (κ1) is 18.0. The highest BCUT2D eigenvalue weighted by atomic mass is 79.9. The summed E-state index contributed by atoms with van der Waals surface area (Å²) in [5, 5.41) is 3.40. The van der Waals surface area contributed by atoms with Gasteiger partial charge in [-0.2, -0.15) is 0 Å². The van der Waals surface area contributed by atoms with Gasteiger partial charge in [0.15, 0.2) is 6.61 Å². The van der Waals surface area contributed by atoms with Crippen molar-refractivity contribution in [3.05, 3.63) is 52.0 Å². The van der Waals surface area contributed by atoms with E-state index in [1.54, 1.807) is 12.1 Å². The van der Waals surface area contributed by atoms with Crippen LogP contribution >= 0.6 is 27.5 Å². The van der Waals surface area contributed by atoms with E-state index in [0.717, 1.165) is 28.9 Å². The summed E-state index contributed by atoms with van der Waals surface area (Å²) in [7, 11) is 0. The van der Waals surface area contributed by atoms with Crippen molar-refractivity contribution in [2.75, 3.05) is 43.1 Å². The average Bonchev–Trinajstić information content (AvgIpc) is 2.62. The van der Waals surface area contributed by atoms with E-state index >= 15 is 0 Å². The summed E-state index contributed by atoms with van der Waals surface area (Å²) in [5.41, 5.74) is 1.71. The standard InChI is InChI=1S/C18H18BrClN2O3/c19-13-5-6-16(22-7-9-24-10-8-22)15(11-13)21-18(23)12-25-17-4-2-1-3-14(17)20/h1-6,11H,7-10,12H2,(H,21,23). The second-order valence-corrected chi connectivity index (χ2v) is 6.85. The van der Waals surface area contributed by atoms with Crippen LogP contribution in [0.2, 0.25) is 5.02 Å². The van der Waals surface area contributed by atoms with Crippen LogP contribution in [-0.2, 0) is 9.53 Å². The zero-order chi connectivity index (χ0) is 17.6. The predicted octanol–water partition coefficient (Wildman–Crippen LogP) is 3.96. The Hall–Kier alpha value is -1.76. The van der Waals surface area contributed by atoms with Gasteiger partial charge < -0.3 is 19.7 Å². The number of benzene rings is 2. The topological polar surface area (TPSA) is 50.8 Å². The molecule has 0 aromatic heterocycles. The van der Waals surface area contributed by atoms with E-state index in [1.165, 1.54) is 0 Å². The monoisotopic (exact) mass is 424 g/mol. The Bertz CT molecular complexity index is 751. The molecule has 132 valence electrons. The lowest BCUT2D eigenvalue weighted by atomic mass is 10.2. The largest absolute Gasteiger partial charge is 0.482 e. The lowest BCUT2D eigenvalue weighted by Gasteiger charge is -2.30. The second-order valence-electron chi connectivity index (χ2n) is 5.53. The Morgan fingerprint density at radius 3 is 2.76 bits per heavy atom. The molecule has 25 heavy (non-hydrogen) atoms. The van der Waals surface area contributed by atoms with Crippen molar-refractivity contribution >= 4 is 44.8 Å². The third kappa shape index (κ3) is 4.87. The Kier molecular flexibility index (Phi) is 6.18. The van der Waals surface area contributed by atoms with Crippen LogP contribution in [0.4, 0.5) is 11.4 Å². The summed E-state index contributed by atoms with van der Waals surface area (Å²) in [6.45, 7) is 2.83. The van der Waals surface area contributed by atoms with Crippen LogP contribution in [-0.4, -0.2) is 38.8 Å². The van der Waals surface area contributed by atoms with E-state index in [9.17, 15) is 4.79 Å². The Morgan fingerprint density at radius 2 is 2.00 bits per heavy atom. The zero-order valence-electron chi connectivity index (χ0n) is 13.5. The van der Waals surface area contributed by atoms with Gasteiger partial charge in [0.1, 0.15) is 5.75 Å². The summed E-state index contributed by atoms with van der Waals surface area (Å²) in [6.07, 6.45) is 0. The van der Waals surface area contributed by atoms with Crippen LogP contribution in [0.3, 0.4) is 0 Å². The molecule has 0 atom stereocenters. The average molecular weight is 426 g/mol. The molecule has 0 saturated carbocycles. The lowest BCUT2D eigenvalue weighted by Crippen LogP contribution is -2.37. The van der Waals surface area contributed by atoms with Gasteiger partial charge in [0.2, 0.25) is 0 Å². The molecule has 0 unspecified atom stereocenters. The molecule has 1 aliphatic rings. The zero-order valence-corrected chi connectivity index (χ0v) is 15.8. The number of carbonyl (C=O) groups is 1. The Morgan fingerprint density at radius 1 is 1.24 bits per heavy atom. The van der Waals surface area contributed by atoms with Gasteiger partial charge in [0.05, 0.1) is 29.6 Å². The van der Waals surface area contributed by atoms with Crippen LogP contribution in [0.5, 0.6) is 5.75 Å². The minimum Gasteiger partial charge on any atom is -0.482 e. The number of nitrogens with zero attached hydrogens (tertiary/aromatic N) is 1. The summed E-state index contributed by atoms with van der Waals surface area (Å²) in [5.74, 6) is 0.245. The number of rotatable bonds is 5. The summed E-state index contributed by atoms with van der Waals surface area (Å²) >= 11 is 9.49. The van der Waals surface area contributed by atoms with Gasteiger partial charge in [-0.25, -0.2) is 0 Å². The van der Waals surface area contributed by atoms with Gasteiger partial charge in [-0.05, 0) is 30.3 Å². The Balaban J connectivity index is 1.68. The molecule has 2 aromatic rings. The van der Waals surface area contributed by atoms with Crippen molar-refractivity contribution in [1.82, 2.24) is 0 Å². The first-order chi connectivity index (χ1) is 12.1. The fourth-order valence-electron chi connectivity index (χ4n) is 2.58. The number of ether oxygens (including phenoxy) is 2. The third-order valence-electron chi connectivity index (χ3n) is 3.78. The van der Waals surface area contributed by atoms with E-state index in [1.807, 2.05) is 30.3 Å². The minimum atomic E-state index is -0.243. The number of para-hydroxylation sites is 1. The molecule has 0 aliphatic carbocycles. The van der Waals surface area contributed by atoms with E-state index in [0.29, 0.717) is 24.0 Å². The number of halogens is 2. The quantitative estimate of drug-likeness (QED) is 0.788. The molecule has 3 rings (SSSR count). The molecule has 1 heterocycles. The van der Waals surface area contributed by atoms with Gasteiger partial charge in [-0.15, -0.1) is 0 Å². The highest BCUT2D eigenvalue weighted by Crippen LogP contribution is 2.30. The van der Waals surface area contributed by atoms with Crippen LogP contribution in [0, 0.1) is 0 Å². The van der Waals surface area contributed by atoms with Crippen molar-refractivity contribution in [2.45, 2.75) is 0 Å². The molecule has 0 bridgehead atoms. The van der Waals surface area contributed by atoms with Crippen molar-refractivity contribution in [3.63, 3.8) is 0 Å². The lowest BCUT2D eigenvalue weighted by molar-refractivity contribution is -0.118. The molecule has 1 saturated heterocycles. The van der Waals surface area contributed by atoms with Crippen molar-refractivity contribution in [3.8, 4) is 5.75 Å². The smallest absolute Gasteiger partial charge is 0.262 e. The molecule has 1 fully saturated rings. The molecular formula is C18H18BrClN2O3. The number of amides is 1. The number of carbonyl (C=O) groups excluding carboxylic acids is 1. The van der Waals surface area contributed by atoms with Crippen molar-refractivity contribution < 1.29 is 14.3 Å². The maximum atomic E-state index is 12.3. The fourth-order valence-corrected chi connectivity index (χ4v) is 3.13. The van der Waals surface area contributed by atoms with E-state index in [4.69, 9.17) is 21.1 Å². The molecule has 7 heteroatoms. The first-order valence-electron chi connectivity index (χ1n) is 7.93. The molecule has 2 aromatic carbocycles. The van der Waals surface area contributed by atoms with E-state index < -0.39 is 0 Å². The van der Waals surface area contributed by atoms with E-state index in [2.05, 4.69) is 26.1 Å². The number of morpholine rings is 1. The number of anilines is 2. The normalized spacial score (nSPS) is 14.2. The number of hydrogen-bond donors (Lipinski definition) is 1. The van der Waals surface area contributed by atoms with Crippen LogP contribution in [0.25, 0.3) is 0 Å². The minimum absolute atomic E-state index is 0.112. The summed E-state index contributed by atoms with van der Waals surface area (Å²) in [4.78, 5) is 14.5. The van der Waals surface area contributed by atoms with Gasteiger partial charge in [0.25, 0.3) is 5.91 Å². The van der Waals surface area contributed by atoms with Gasteiger partial charge in [0, 0.05) is 17.6 Å². The summed E-state index contributed by atoms with van der Waals surface area (Å²) in [6, 6.07) is 12.9. The maximum absolute atomic E-state index is 12.3. The third-order valence-corrected chi connectivity index (χ3v) is 4.59. The Labute approximate surface area is 160 Å². The van der Waals surface area contributed by atoms with Crippen LogP contribution < -0.4 is 15.0 Å². The molecule has 1 N–H and O–H groups in total. The summed E-state index contributed by atoms with van der Waals surface area (Å²) < 4.78 is 11.8. The molecule has 1 aliphatic heterocycles. The predicted molar refractivity (Wildman–Crippen MR) is 103 cm³/mol. The highest BCUT2D eigenvalue weighted by Gasteiger charge is 2.17. The van der Waals surface area contributed by atoms with Crippen LogP contribution in [0.1, 0.15) is 0 Å². The number of hydrogen-bond acceptors (Lipinski definition) is 4. The van der Waals surface area contributed by atoms with E-state index in [-0.39, 0.29) is 12.5 Å². The first-order valence-corrected chi connectivity index (χ1v) is 9.10. The molecule has 1 amide bonds. The van der Waals surface area contributed by atoms with Gasteiger partial charge >= 0.3 is 0 Å². The highest BCUT2D eigenvalue weighted by molar-refractivity contribution is 9.10. The molecule has 5 nitrogen and oxygen atoms in total. The molecule has 0 spiro atoms. The van der Waals surface area contributed by atoms with Crippen molar-refractivity contribution in [2.24, 2.45) is 0 Å². The van der Waals surface area contributed by atoms with Crippen molar-refractivity contribution in [1.29, 1.82) is 0 Å². The van der Waals surface area contributed by atoms with Gasteiger partial charge in [-0.1, -0.05) is 39.7 Å². The molecular weight excluding hydrogens is 408 g/mol. The van der Waals surface area contributed by atoms with Crippen LogP contribution in [0.15, 0.2) is 46.9 Å².